The number of anilines is 1. The van der Waals surface area contributed by atoms with Crippen LogP contribution in [0.3, 0.4) is 0 Å². The van der Waals surface area contributed by atoms with Gasteiger partial charge in [0.1, 0.15) is 5.75 Å². The van der Waals surface area contributed by atoms with Crippen molar-refractivity contribution in [3.05, 3.63) is 23.8 Å². The molecule has 0 bridgehead atoms. The number of ether oxygens (including phenoxy) is 1. The Hall–Kier alpha value is -1.59. The van der Waals surface area contributed by atoms with E-state index in [4.69, 9.17) is 4.74 Å². The molecule has 0 unspecified atom stereocenters. The van der Waals surface area contributed by atoms with Crippen LogP contribution in [0.5, 0.6) is 5.75 Å². The number of likely N-dealkylation sites (tertiary alicyclic amines) is 1. The molecular weight excluding hydrogens is 266 g/mol. The lowest BCUT2D eigenvalue weighted by Crippen LogP contribution is -2.34. The lowest BCUT2D eigenvalue weighted by molar-refractivity contribution is -0.118. The van der Waals surface area contributed by atoms with E-state index in [9.17, 15) is 4.79 Å². The fraction of sp³-hybridized carbons (Fsp3) is 0.562. The molecule has 21 heavy (non-hydrogen) atoms. The molecule has 0 aromatic heterocycles. The molecule has 1 aromatic carbocycles. The van der Waals surface area contributed by atoms with Crippen LogP contribution >= 0.6 is 0 Å². The van der Waals surface area contributed by atoms with Crippen molar-refractivity contribution in [1.82, 2.24) is 10.2 Å². The number of hydrogen-bond donors (Lipinski definition) is 2. The van der Waals surface area contributed by atoms with Gasteiger partial charge in [-0.25, -0.2) is 0 Å². The van der Waals surface area contributed by atoms with Crippen LogP contribution in [-0.2, 0) is 11.3 Å². The van der Waals surface area contributed by atoms with E-state index in [1.165, 1.54) is 31.5 Å². The number of amides is 1. The highest BCUT2D eigenvalue weighted by Crippen LogP contribution is 2.28. The standard InChI is InChI=1S/C16H23N3O2/c1-19-6-4-12(5-7-19)9-17-10-13-2-3-15-14(8-13)18-16(20)11-21-15/h2-3,8,12,17H,4-7,9-11H2,1H3,(H,18,20). The Bertz CT molecular complexity index is 510. The van der Waals surface area contributed by atoms with Gasteiger partial charge in [-0.2, -0.15) is 0 Å². The van der Waals surface area contributed by atoms with Crippen molar-refractivity contribution < 1.29 is 9.53 Å². The monoisotopic (exact) mass is 289 g/mol. The van der Waals surface area contributed by atoms with E-state index in [0.717, 1.165) is 30.4 Å². The first kappa shape index (κ1) is 14.4. The lowest BCUT2D eigenvalue weighted by atomic mass is 9.97. The molecule has 1 saturated heterocycles. The highest BCUT2D eigenvalue weighted by molar-refractivity contribution is 5.95. The first-order valence-corrected chi connectivity index (χ1v) is 7.65. The molecule has 5 heteroatoms. The summed E-state index contributed by atoms with van der Waals surface area (Å²) in [6.07, 6.45) is 2.55. The zero-order chi connectivity index (χ0) is 14.7. The molecule has 0 aliphatic carbocycles. The highest BCUT2D eigenvalue weighted by Gasteiger charge is 2.17. The second-order valence-corrected chi connectivity index (χ2v) is 6.04. The Kier molecular flexibility index (Phi) is 4.41. The summed E-state index contributed by atoms with van der Waals surface area (Å²) in [5, 5.41) is 6.38. The van der Waals surface area contributed by atoms with Crippen molar-refractivity contribution in [3.63, 3.8) is 0 Å². The van der Waals surface area contributed by atoms with E-state index in [1.54, 1.807) is 0 Å². The molecule has 5 nitrogen and oxygen atoms in total. The highest BCUT2D eigenvalue weighted by atomic mass is 16.5. The van der Waals surface area contributed by atoms with Crippen LogP contribution in [0.4, 0.5) is 5.69 Å². The molecule has 0 atom stereocenters. The van der Waals surface area contributed by atoms with Crippen LogP contribution in [-0.4, -0.2) is 44.1 Å². The topological polar surface area (TPSA) is 53.6 Å². The average Bonchev–Trinajstić information content (AvgIpc) is 2.49. The van der Waals surface area contributed by atoms with Gasteiger partial charge in [-0.1, -0.05) is 6.07 Å². The first-order valence-electron chi connectivity index (χ1n) is 7.65. The average molecular weight is 289 g/mol. The Morgan fingerprint density at radius 3 is 3.00 bits per heavy atom. The third-order valence-electron chi connectivity index (χ3n) is 4.28. The number of nitrogens with one attached hydrogen (secondary N) is 2. The summed E-state index contributed by atoms with van der Waals surface area (Å²) >= 11 is 0. The van der Waals surface area contributed by atoms with Gasteiger partial charge in [0.05, 0.1) is 5.69 Å². The van der Waals surface area contributed by atoms with Gasteiger partial charge in [0, 0.05) is 6.54 Å². The molecule has 1 fully saturated rings. The molecule has 1 aromatic rings. The van der Waals surface area contributed by atoms with Gasteiger partial charge >= 0.3 is 0 Å². The molecular formula is C16H23N3O2. The van der Waals surface area contributed by atoms with Crippen molar-refractivity contribution in [2.45, 2.75) is 19.4 Å². The minimum absolute atomic E-state index is 0.0843. The second-order valence-electron chi connectivity index (χ2n) is 6.04. The van der Waals surface area contributed by atoms with Crippen molar-refractivity contribution in [1.29, 1.82) is 0 Å². The normalized spacial score (nSPS) is 19.8. The van der Waals surface area contributed by atoms with Crippen LogP contribution in [0.1, 0.15) is 18.4 Å². The number of carbonyl (C=O) groups is 1. The molecule has 0 radical (unpaired) electrons. The number of rotatable bonds is 4. The third-order valence-corrected chi connectivity index (χ3v) is 4.28. The van der Waals surface area contributed by atoms with Crippen molar-refractivity contribution in [2.24, 2.45) is 5.92 Å². The van der Waals surface area contributed by atoms with Crippen LogP contribution in [0.2, 0.25) is 0 Å². The maximum Gasteiger partial charge on any atom is 0.262 e. The van der Waals surface area contributed by atoms with E-state index in [1.807, 2.05) is 12.1 Å². The van der Waals surface area contributed by atoms with Gasteiger partial charge in [0.25, 0.3) is 5.91 Å². The summed E-state index contributed by atoms with van der Waals surface area (Å²) in [4.78, 5) is 13.7. The Morgan fingerprint density at radius 1 is 1.38 bits per heavy atom. The van der Waals surface area contributed by atoms with Crippen LogP contribution < -0.4 is 15.4 Å². The fourth-order valence-electron chi connectivity index (χ4n) is 2.93. The zero-order valence-corrected chi connectivity index (χ0v) is 12.5. The van der Waals surface area contributed by atoms with Gasteiger partial charge < -0.3 is 20.3 Å². The SMILES string of the molecule is CN1CCC(CNCc2ccc3c(c2)NC(=O)CO3)CC1. The molecule has 1 amide bonds. The maximum absolute atomic E-state index is 11.3. The molecule has 2 aliphatic heterocycles. The predicted molar refractivity (Wildman–Crippen MR) is 82.5 cm³/mol. The quantitative estimate of drug-likeness (QED) is 0.881. The molecule has 114 valence electrons. The maximum atomic E-state index is 11.3. The van der Waals surface area contributed by atoms with Crippen LogP contribution in [0.25, 0.3) is 0 Å². The Labute approximate surface area is 125 Å². The summed E-state index contributed by atoms with van der Waals surface area (Å²) in [6, 6.07) is 5.98. The van der Waals surface area contributed by atoms with Crippen LogP contribution in [0.15, 0.2) is 18.2 Å². The third kappa shape index (κ3) is 3.74. The molecule has 2 N–H and O–H groups in total. The van der Waals surface area contributed by atoms with E-state index < -0.39 is 0 Å². The van der Waals surface area contributed by atoms with E-state index in [-0.39, 0.29) is 12.5 Å². The van der Waals surface area contributed by atoms with Gasteiger partial charge in [-0.15, -0.1) is 0 Å². The summed E-state index contributed by atoms with van der Waals surface area (Å²) in [7, 11) is 2.19. The van der Waals surface area contributed by atoms with Gasteiger partial charge in [0.15, 0.2) is 6.61 Å². The zero-order valence-electron chi connectivity index (χ0n) is 12.5. The van der Waals surface area contributed by atoms with E-state index >= 15 is 0 Å². The first-order chi connectivity index (χ1) is 10.2. The number of nitrogens with zero attached hydrogens (tertiary/aromatic N) is 1. The molecule has 2 heterocycles. The smallest absolute Gasteiger partial charge is 0.262 e. The van der Waals surface area contributed by atoms with Crippen LogP contribution in [0, 0.1) is 5.92 Å². The van der Waals surface area contributed by atoms with E-state index in [2.05, 4.69) is 28.6 Å². The number of hydrogen-bond acceptors (Lipinski definition) is 4. The van der Waals surface area contributed by atoms with Gasteiger partial charge in [-0.05, 0) is 63.1 Å². The summed E-state index contributed by atoms with van der Waals surface area (Å²) in [5.41, 5.74) is 1.96. The molecule has 3 rings (SSSR count). The number of carbonyl (C=O) groups excluding carboxylic acids is 1. The Morgan fingerprint density at radius 2 is 2.19 bits per heavy atom. The predicted octanol–water partition coefficient (Wildman–Crippen LogP) is 1.45. The summed E-state index contributed by atoms with van der Waals surface area (Å²) in [5.74, 6) is 1.45. The van der Waals surface area contributed by atoms with Crippen molar-refractivity contribution in [3.8, 4) is 5.75 Å². The minimum Gasteiger partial charge on any atom is -0.482 e. The molecule has 2 aliphatic rings. The fourth-order valence-corrected chi connectivity index (χ4v) is 2.93. The van der Waals surface area contributed by atoms with Crippen molar-refractivity contribution >= 4 is 11.6 Å². The number of fused-ring (bicyclic) bond motifs is 1. The summed E-state index contributed by atoms with van der Waals surface area (Å²) < 4.78 is 5.36. The molecule has 0 saturated carbocycles. The largest absolute Gasteiger partial charge is 0.482 e. The number of benzene rings is 1. The van der Waals surface area contributed by atoms with E-state index in [0.29, 0.717) is 0 Å². The summed E-state index contributed by atoms with van der Waals surface area (Å²) in [6.45, 7) is 4.41. The van der Waals surface area contributed by atoms with Gasteiger partial charge in [-0.3, -0.25) is 4.79 Å². The minimum atomic E-state index is -0.0843. The van der Waals surface area contributed by atoms with Crippen molar-refractivity contribution in [2.75, 3.05) is 38.6 Å². The second kappa shape index (κ2) is 6.45. The van der Waals surface area contributed by atoms with Gasteiger partial charge in [0.2, 0.25) is 0 Å². The lowest BCUT2D eigenvalue weighted by Gasteiger charge is -2.29. The molecule has 0 spiro atoms. The number of piperidine rings is 1. The Balaban J connectivity index is 1.49.